The standard InChI is InChI=1S/C17H19NO5/c1-21-11-2-3-17-10-5-13-12(22-8-23-13)4-9(10)6-18(7-14(17)19)16(17)15(11)20/h2-5,11,14-16,19-20H,6-8H2,1H3. The van der Waals surface area contributed by atoms with Crippen molar-refractivity contribution in [3.8, 4) is 11.5 Å². The molecule has 1 aliphatic carbocycles. The molecule has 5 rings (SSSR count). The minimum absolute atomic E-state index is 0.194. The van der Waals surface area contributed by atoms with E-state index in [0.29, 0.717) is 18.8 Å². The Bertz CT molecular complexity index is 704. The van der Waals surface area contributed by atoms with E-state index < -0.39 is 17.6 Å². The summed E-state index contributed by atoms with van der Waals surface area (Å²) >= 11 is 0. The Labute approximate surface area is 133 Å². The third-order valence-corrected chi connectivity index (χ3v) is 5.77. The Balaban J connectivity index is 1.74. The Morgan fingerprint density at radius 3 is 2.83 bits per heavy atom. The number of aliphatic hydroxyl groups is 2. The second-order valence-electron chi connectivity index (χ2n) is 6.74. The van der Waals surface area contributed by atoms with E-state index in [0.717, 1.165) is 16.9 Å². The Morgan fingerprint density at radius 1 is 1.26 bits per heavy atom. The van der Waals surface area contributed by atoms with Crippen LogP contribution in [0.2, 0.25) is 0 Å². The molecule has 1 fully saturated rings. The molecule has 0 spiro atoms. The first-order chi connectivity index (χ1) is 11.1. The van der Waals surface area contributed by atoms with Crippen molar-refractivity contribution in [3.63, 3.8) is 0 Å². The fourth-order valence-electron chi connectivity index (χ4n) is 4.79. The molecule has 122 valence electrons. The molecule has 23 heavy (non-hydrogen) atoms. The summed E-state index contributed by atoms with van der Waals surface area (Å²) in [5.74, 6) is 1.46. The number of ether oxygens (including phenoxy) is 3. The van der Waals surface area contributed by atoms with Crippen LogP contribution in [0.1, 0.15) is 11.1 Å². The van der Waals surface area contributed by atoms with Crippen molar-refractivity contribution in [2.75, 3.05) is 20.4 Å². The molecule has 3 heterocycles. The smallest absolute Gasteiger partial charge is 0.231 e. The molecule has 0 aromatic heterocycles. The van der Waals surface area contributed by atoms with Crippen LogP contribution in [0.4, 0.5) is 0 Å². The third kappa shape index (κ3) is 1.57. The molecule has 3 aliphatic heterocycles. The molecule has 6 unspecified atom stereocenters. The second-order valence-corrected chi connectivity index (χ2v) is 6.74. The molecule has 6 nitrogen and oxygen atoms in total. The lowest BCUT2D eigenvalue weighted by molar-refractivity contribution is -0.0533. The van der Waals surface area contributed by atoms with Crippen molar-refractivity contribution in [1.82, 2.24) is 4.90 Å². The maximum Gasteiger partial charge on any atom is 0.231 e. The SMILES string of the molecule is COC1C=CC23c4cc5c(cc4CN(CC2O)C3C1O)OCO5. The minimum Gasteiger partial charge on any atom is -0.454 e. The van der Waals surface area contributed by atoms with E-state index in [2.05, 4.69) is 4.90 Å². The van der Waals surface area contributed by atoms with E-state index in [1.165, 1.54) is 0 Å². The summed E-state index contributed by atoms with van der Waals surface area (Å²) in [5, 5.41) is 21.6. The molecule has 2 bridgehead atoms. The molecular weight excluding hydrogens is 298 g/mol. The van der Waals surface area contributed by atoms with Crippen molar-refractivity contribution in [2.45, 2.75) is 36.3 Å². The van der Waals surface area contributed by atoms with Gasteiger partial charge in [-0.05, 0) is 23.3 Å². The van der Waals surface area contributed by atoms with Crippen LogP contribution >= 0.6 is 0 Å². The first-order valence-electron chi connectivity index (χ1n) is 7.90. The Hall–Kier alpha value is -1.60. The van der Waals surface area contributed by atoms with Crippen LogP contribution < -0.4 is 9.47 Å². The lowest BCUT2D eigenvalue weighted by Crippen LogP contribution is -2.60. The quantitative estimate of drug-likeness (QED) is 0.719. The van der Waals surface area contributed by atoms with E-state index in [4.69, 9.17) is 14.2 Å². The summed E-state index contributed by atoms with van der Waals surface area (Å²) in [6.07, 6.45) is 2.28. The number of nitrogens with zero attached hydrogens (tertiary/aromatic N) is 1. The predicted molar refractivity (Wildman–Crippen MR) is 80.4 cm³/mol. The maximum absolute atomic E-state index is 10.8. The predicted octanol–water partition coefficient (Wildman–Crippen LogP) is 0.157. The number of rotatable bonds is 1. The van der Waals surface area contributed by atoms with Gasteiger partial charge in [-0.25, -0.2) is 0 Å². The van der Waals surface area contributed by atoms with Crippen molar-refractivity contribution >= 4 is 0 Å². The zero-order valence-corrected chi connectivity index (χ0v) is 12.8. The highest BCUT2D eigenvalue weighted by atomic mass is 16.7. The summed E-state index contributed by atoms with van der Waals surface area (Å²) in [6, 6.07) is 3.78. The summed E-state index contributed by atoms with van der Waals surface area (Å²) < 4.78 is 16.4. The average Bonchev–Trinajstić information content (AvgIpc) is 3.08. The molecule has 6 heteroatoms. The van der Waals surface area contributed by atoms with Gasteiger partial charge in [-0.1, -0.05) is 12.2 Å². The van der Waals surface area contributed by atoms with Crippen LogP contribution in [0, 0.1) is 0 Å². The molecule has 2 N–H and O–H groups in total. The lowest BCUT2D eigenvalue weighted by Gasteiger charge is -2.48. The lowest BCUT2D eigenvalue weighted by atomic mass is 9.64. The van der Waals surface area contributed by atoms with Crippen LogP contribution in [-0.2, 0) is 16.7 Å². The number of benzene rings is 1. The zero-order chi connectivity index (χ0) is 15.8. The van der Waals surface area contributed by atoms with Gasteiger partial charge in [0.25, 0.3) is 0 Å². The van der Waals surface area contributed by atoms with Gasteiger partial charge >= 0.3 is 0 Å². The summed E-state index contributed by atoms with van der Waals surface area (Å²) in [4.78, 5) is 2.15. The van der Waals surface area contributed by atoms with Gasteiger partial charge in [0, 0.05) is 20.2 Å². The number of fused-ring (bicyclic) bond motifs is 2. The van der Waals surface area contributed by atoms with Crippen molar-refractivity contribution < 1.29 is 24.4 Å². The van der Waals surface area contributed by atoms with Gasteiger partial charge in [-0.3, -0.25) is 4.90 Å². The first kappa shape index (κ1) is 13.8. The van der Waals surface area contributed by atoms with Crippen molar-refractivity contribution in [3.05, 3.63) is 35.4 Å². The van der Waals surface area contributed by atoms with Crippen LogP contribution in [0.5, 0.6) is 11.5 Å². The molecule has 4 aliphatic rings. The molecule has 0 amide bonds. The maximum atomic E-state index is 10.8. The second kappa shape index (κ2) is 4.48. The zero-order valence-electron chi connectivity index (χ0n) is 12.8. The van der Waals surface area contributed by atoms with Crippen molar-refractivity contribution in [1.29, 1.82) is 0 Å². The summed E-state index contributed by atoms with van der Waals surface area (Å²) in [5.41, 5.74) is 1.52. The van der Waals surface area contributed by atoms with Crippen molar-refractivity contribution in [2.24, 2.45) is 0 Å². The largest absolute Gasteiger partial charge is 0.454 e. The van der Waals surface area contributed by atoms with Gasteiger partial charge in [-0.2, -0.15) is 0 Å². The highest BCUT2D eigenvalue weighted by Crippen LogP contribution is 2.53. The Kier molecular flexibility index (Phi) is 2.69. The third-order valence-electron chi connectivity index (χ3n) is 5.77. The van der Waals surface area contributed by atoms with Gasteiger partial charge < -0.3 is 24.4 Å². The average molecular weight is 317 g/mol. The fraction of sp³-hybridized carbons (Fsp3) is 0.529. The van der Waals surface area contributed by atoms with Gasteiger partial charge in [0.05, 0.1) is 17.6 Å². The number of hydrogen-bond donors (Lipinski definition) is 2. The number of hydrogen-bond acceptors (Lipinski definition) is 6. The van der Waals surface area contributed by atoms with Crippen LogP contribution in [0.15, 0.2) is 24.3 Å². The summed E-state index contributed by atoms with van der Waals surface area (Å²) in [7, 11) is 1.60. The van der Waals surface area contributed by atoms with Crippen LogP contribution in [0.25, 0.3) is 0 Å². The van der Waals surface area contributed by atoms with Gasteiger partial charge in [0.15, 0.2) is 11.5 Å². The molecule has 0 saturated carbocycles. The first-order valence-corrected chi connectivity index (χ1v) is 7.90. The molecule has 1 aromatic carbocycles. The van der Waals surface area contributed by atoms with Gasteiger partial charge in [-0.15, -0.1) is 0 Å². The normalized spacial score (nSPS) is 42.5. The molecule has 6 atom stereocenters. The molecule has 1 saturated heterocycles. The number of aliphatic hydroxyl groups excluding tert-OH is 2. The number of methoxy groups -OCH3 is 1. The van der Waals surface area contributed by atoms with Gasteiger partial charge in [0.2, 0.25) is 6.79 Å². The molecule has 0 radical (unpaired) electrons. The minimum atomic E-state index is -0.680. The monoisotopic (exact) mass is 317 g/mol. The Morgan fingerprint density at radius 2 is 2.04 bits per heavy atom. The fourth-order valence-corrected chi connectivity index (χ4v) is 4.79. The van der Waals surface area contributed by atoms with Crippen LogP contribution in [-0.4, -0.2) is 59.9 Å². The molecular formula is C17H19NO5. The highest BCUT2D eigenvalue weighted by molar-refractivity contribution is 5.57. The van der Waals surface area contributed by atoms with E-state index in [9.17, 15) is 10.2 Å². The topological polar surface area (TPSA) is 71.4 Å². The summed E-state index contributed by atoms with van der Waals surface area (Å²) in [6.45, 7) is 1.44. The van der Waals surface area contributed by atoms with Gasteiger partial charge in [0.1, 0.15) is 12.2 Å². The van der Waals surface area contributed by atoms with Crippen LogP contribution in [0.3, 0.4) is 0 Å². The highest BCUT2D eigenvalue weighted by Gasteiger charge is 2.61. The van der Waals surface area contributed by atoms with E-state index in [-0.39, 0.29) is 18.9 Å². The van der Waals surface area contributed by atoms with E-state index in [1.807, 2.05) is 24.3 Å². The van der Waals surface area contributed by atoms with E-state index >= 15 is 0 Å². The van der Waals surface area contributed by atoms with E-state index in [1.54, 1.807) is 7.11 Å². The molecule has 1 aromatic rings.